The van der Waals surface area contributed by atoms with Crippen LogP contribution in [0.25, 0.3) is 0 Å². The van der Waals surface area contributed by atoms with Gasteiger partial charge in [0.25, 0.3) is 5.91 Å². The lowest BCUT2D eigenvalue weighted by atomic mass is 10.2. The van der Waals surface area contributed by atoms with E-state index < -0.39 is 5.97 Å². The van der Waals surface area contributed by atoms with Gasteiger partial charge in [0.05, 0.1) is 17.4 Å². The van der Waals surface area contributed by atoms with Crippen molar-refractivity contribution in [1.29, 1.82) is 0 Å². The van der Waals surface area contributed by atoms with E-state index in [1.54, 1.807) is 17.8 Å². The third kappa shape index (κ3) is 2.34. The van der Waals surface area contributed by atoms with E-state index in [9.17, 15) is 9.59 Å². The molecule has 0 radical (unpaired) electrons. The molecule has 2 aromatic heterocycles. The van der Waals surface area contributed by atoms with Crippen molar-refractivity contribution in [2.45, 2.75) is 6.92 Å². The van der Waals surface area contributed by atoms with E-state index in [4.69, 9.17) is 5.11 Å². The normalized spacial score (nSPS) is 10.2. The van der Waals surface area contributed by atoms with Crippen molar-refractivity contribution in [2.24, 2.45) is 0 Å². The largest absolute Gasteiger partial charge is 0.477 e. The molecule has 1 amide bonds. The van der Waals surface area contributed by atoms with Crippen LogP contribution in [0.5, 0.6) is 0 Å². The summed E-state index contributed by atoms with van der Waals surface area (Å²) in [5.74, 6) is -1.38. The van der Waals surface area contributed by atoms with Gasteiger partial charge in [-0.15, -0.1) is 22.7 Å². The van der Waals surface area contributed by atoms with Crippen LogP contribution in [0.4, 0.5) is 5.69 Å². The van der Waals surface area contributed by atoms with Gasteiger partial charge in [0, 0.05) is 0 Å². The average molecular weight is 268 g/mol. The lowest BCUT2D eigenvalue weighted by molar-refractivity contribution is 0.0703. The average Bonchev–Trinajstić information content (AvgIpc) is 2.89. The molecule has 0 spiro atoms. The monoisotopic (exact) mass is 268 g/mol. The van der Waals surface area contributed by atoms with Gasteiger partial charge in [0.15, 0.2) is 0 Å². The summed E-state index contributed by atoms with van der Waals surface area (Å²) in [4.78, 5) is 27.1. The van der Waals surface area contributed by atoms with Crippen molar-refractivity contribution in [3.05, 3.63) is 32.4 Å². The van der Waals surface area contributed by atoms with Crippen molar-refractivity contribution in [2.75, 3.05) is 5.32 Å². The molecule has 5 nitrogen and oxygen atoms in total. The number of thiophene rings is 1. The fourth-order valence-corrected chi connectivity index (χ4v) is 2.62. The van der Waals surface area contributed by atoms with Crippen LogP contribution < -0.4 is 5.32 Å². The molecular weight excluding hydrogens is 260 g/mol. The van der Waals surface area contributed by atoms with E-state index in [1.165, 1.54) is 17.5 Å². The third-order valence-corrected chi connectivity index (χ3v) is 3.92. The molecular formula is C10H8N2O3S2. The SMILES string of the molecule is Cc1csc(C(=O)O)c1NC(=O)c1cncs1. The first-order chi connectivity index (χ1) is 8.09. The Kier molecular flexibility index (Phi) is 3.21. The first kappa shape index (κ1) is 11.7. The molecule has 0 aromatic carbocycles. The number of nitrogens with one attached hydrogen (secondary N) is 1. The van der Waals surface area contributed by atoms with Gasteiger partial charge in [0.1, 0.15) is 9.75 Å². The number of rotatable bonds is 3. The molecule has 0 aliphatic carbocycles. The number of nitrogens with zero attached hydrogens (tertiary/aromatic N) is 1. The Hall–Kier alpha value is -1.73. The lowest BCUT2D eigenvalue weighted by Crippen LogP contribution is -2.12. The minimum Gasteiger partial charge on any atom is -0.477 e. The number of hydrogen-bond donors (Lipinski definition) is 2. The van der Waals surface area contributed by atoms with Gasteiger partial charge in [-0.05, 0) is 17.9 Å². The van der Waals surface area contributed by atoms with Crippen LogP contribution in [0.15, 0.2) is 17.1 Å². The maximum absolute atomic E-state index is 11.8. The van der Waals surface area contributed by atoms with Crippen LogP contribution in [0, 0.1) is 6.92 Å². The summed E-state index contributed by atoms with van der Waals surface area (Å²) in [6.07, 6.45) is 1.45. The van der Waals surface area contributed by atoms with Crippen LogP contribution in [0.2, 0.25) is 0 Å². The molecule has 0 bridgehead atoms. The zero-order valence-electron chi connectivity index (χ0n) is 8.76. The third-order valence-electron chi connectivity index (χ3n) is 2.06. The van der Waals surface area contributed by atoms with Crippen molar-refractivity contribution in [3.8, 4) is 0 Å². The van der Waals surface area contributed by atoms with E-state index in [1.807, 2.05) is 0 Å². The van der Waals surface area contributed by atoms with Crippen LogP contribution in [0.3, 0.4) is 0 Å². The molecule has 0 saturated heterocycles. The summed E-state index contributed by atoms with van der Waals surface area (Å²) in [5.41, 5.74) is 2.65. The number of thiazole rings is 1. The minimum absolute atomic E-state index is 0.139. The fourth-order valence-electron chi connectivity index (χ4n) is 1.26. The van der Waals surface area contributed by atoms with Crippen LogP contribution >= 0.6 is 22.7 Å². The lowest BCUT2D eigenvalue weighted by Gasteiger charge is -2.04. The zero-order valence-corrected chi connectivity index (χ0v) is 10.4. The summed E-state index contributed by atoms with van der Waals surface area (Å²) in [5, 5.41) is 13.3. The Morgan fingerprint density at radius 1 is 1.41 bits per heavy atom. The molecule has 0 saturated carbocycles. The van der Waals surface area contributed by atoms with Gasteiger partial charge in [-0.25, -0.2) is 4.79 Å². The second-order valence-electron chi connectivity index (χ2n) is 3.25. The van der Waals surface area contributed by atoms with E-state index in [2.05, 4.69) is 10.3 Å². The molecule has 0 aliphatic heterocycles. The van der Waals surface area contributed by atoms with E-state index >= 15 is 0 Å². The number of aryl methyl sites for hydroxylation is 1. The van der Waals surface area contributed by atoms with Gasteiger partial charge < -0.3 is 10.4 Å². The van der Waals surface area contributed by atoms with Gasteiger partial charge in [-0.1, -0.05) is 0 Å². The predicted octanol–water partition coefficient (Wildman–Crippen LogP) is 2.46. The Morgan fingerprint density at radius 3 is 2.76 bits per heavy atom. The first-order valence-corrected chi connectivity index (χ1v) is 6.36. The van der Waals surface area contributed by atoms with Gasteiger partial charge in [-0.3, -0.25) is 9.78 Å². The highest BCUT2D eigenvalue weighted by atomic mass is 32.1. The van der Waals surface area contributed by atoms with Gasteiger partial charge >= 0.3 is 5.97 Å². The van der Waals surface area contributed by atoms with E-state index in [-0.39, 0.29) is 10.8 Å². The van der Waals surface area contributed by atoms with Gasteiger partial charge in [-0.2, -0.15) is 0 Å². The van der Waals surface area contributed by atoms with Crippen LogP contribution in [-0.2, 0) is 0 Å². The molecule has 0 aliphatic rings. The van der Waals surface area contributed by atoms with E-state index in [0.717, 1.165) is 16.9 Å². The summed E-state index contributed by atoms with van der Waals surface area (Å²) >= 11 is 2.30. The van der Waals surface area contributed by atoms with Crippen molar-refractivity contribution in [3.63, 3.8) is 0 Å². The van der Waals surface area contributed by atoms with Crippen LogP contribution in [-0.4, -0.2) is 22.0 Å². The molecule has 2 rings (SSSR count). The summed E-state index contributed by atoms with van der Waals surface area (Å²) in [7, 11) is 0. The molecule has 2 aromatic rings. The van der Waals surface area contributed by atoms with Crippen LogP contribution in [0.1, 0.15) is 24.9 Å². The number of carbonyl (C=O) groups is 2. The molecule has 88 valence electrons. The minimum atomic E-state index is -1.04. The standard InChI is InChI=1S/C10H8N2O3S2/c1-5-3-16-8(10(14)15)7(5)12-9(13)6-2-11-4-17-6/h2-4H,1H3,(H,12,13)(H,14,15). The molecule has 0 atom stereocenters. The molecule has 0 fully saturated rings. The van der Waals surface area contributed by atoms with E-state index in [0.29, 0.717) is 10.6 Å². The van der Waals surface area contributed by atoms with Crippen molar-refractivity contribution < 1.29 is 14.7 Å². The highest BCUT2D eigenvalue weighted by Crippen LogP contribution is 2.28. The number of hydrogen-bond acceptors (Lipinski definition) is 5. The molecule has 2 N–H and O–H groups in total. The second-order valence-corrected chi connectivity index (χ2v) is 5.01. The molecule has 17 heavy (non-hydrogen) atoms. The Balaban J connectivity index is 2.27. The number of carbonyl (C=O) groups excluding carboxylic acids is 1. The number of carboxylic acids is 1. The Labute approximate surface area is 105 Å². The Bertz CT molecular complexity index is 560. The number of aromatic carboxylic acids is 1. The van der Waals surface area contributed by atoms with Crippen molar-refractivity contribution >= 4 is 40.2 Å². The number of carboxylic acid groups (broad SMARTS) is 1. The first-order valence-electron chi connectivity index (χ1n) is 4.61. The summed E-state index contributed by atoms with van der Waals surface area (Å²) in [6, 6.07) is 0. The topological polar surface area (TPSA) is 79.3 Å². The summed E-state index contributed by atoms with van der Waals surface area (Å²) < 4.78 is 0. The fraction of sp³-hybridized carbons (Fsp3) is 0.100. The predicted molar refractivity (Wildman–Crippen MR) is 66.1 cm³/mol. The highest BCUT2D eigenvalue weighted by Gasteiger charge is 2.18. The number of anilines is 1. The molecule has 7 heteroatoms. The number of aromatic nitrogens is 1. The second kappa shape index (κ2) is 4.64. The quantitative estimate of drug-likeness (QED) is 0.896. The van der Waals surface area contributed by atoms with Crippen molar-refractivity contribution in [1.82, 2.24) is 4.98 Å². The highest BCUT2D eigenvalue weighted by molar-refractivity contribution is 7.13. The smallest absolute Gasteiger partial charge is 0.348 e. The molecule has 0 unspecified atom stereocenters. The number of amides is 1. The maximum Gasteiger partial charge on any atom is 0.348 e. The zero-order chi connectivity index (χ0) is 12.4. The molecule has 2 heterocycles. The Morgan fingerprint density at radius 2 is 2.18 bits per heavy atom. The maximum atomic E-state index is 11.8. The van der Waals surface area contributed by atoms with Gasteiger partial charge in [0.2, 0.25) is 0 Å². The summed E-state index contributed by atoms with van der Waals surface area (Å²) in [6.45, 7) is 1.76.